The molecule has 0 aliphatic rings. The van der Waals surface area contributed by atoms with Gasteiger partial charge in [-0.3, -0.25) is 4.55 Å². The number of rotatable bonds is 3. The summed E-state index contributed by atoms with van der Waals surface area (Å²) in [5.74, 6) is -1.21. The normalized spacial score (nSPS) is 9.20. The molecular formula is C6H11NO7S. The van der Waals surface area contributed by atoms with Crippen LogP contribution in [0.4, 0.5) is 4.79 Å². The van der Waals surface area contributed by atoms with Gasteiger partial charge in [-0.25, -0.2) is 9.59 Å². The van der Waals surface area contributed by atoms with E-state index in [1.165, 1.54) is 0 Å². The Kier molecular flexibility index (Phi) is 8.20. The minimum Gasteiger partial charge on any atom is -0.450 e. The van der Waals surface area contributed by atoms with Crippen molar-refractivity contribution < 1.29 is 31.5 Å². The summed E-state index contributed by atoms with van der Waals surface area (Å²) in [5.41, 5.74) is 4.54. The minimum atomic E-state index is -4.66. The third kappa shape index (κ3) is 19.0. The summed E-state index contributed by atoms with van der Waals surface area (Å²) < 4.78 is 34.7. The van der Waals surface area contributed by atoms with Gasteiger partial charge in [-0.15, -0.1) is 0 Å². The average Bonchev–Trinajstić information content (AvgIpc) is 2.01. The minimum absolute atomic E-state index is 0.356. The monoisotopic (exact) mass is 241 g/mol. The van der Waals surface area contributed by atoms with Crippen molar-refractivity contribution in [1.29, 1.82) is 0 Å². The molecular weight excluding hydrogens is 230 g/mol. The number of ether oxygens (including phenoxy) is 1. The maximum absolute atomic E-state index is 9.95. The molecule has 15 heavy (non-hydrogen) atoms. The predicted molar refractivity (Wildman–Crippen MR) is 49.0 cm³/mol. The molecule has 9 heteroatoms. The van der Waals surface area contributed by atoms with E-state index in [0.29, 0.717) is 12.7 Å². The van der Waals surface area contributed by atoms with Gasteiger partial charge >= 0.3 is 22.5 Å². The van der Waals surface area contributed by atoms with Crippen molar-refractivity contribution in [2.75, 3.05) is 6.61 Å². The lowest BCUT2D eigenvalue weighted by molar-refractivity contribution is -0.128. The van der Waals surface area contributed by atoms with E-state index < -0.39 is 22.5 Å². The van der Waals surface area contributed by atoms with Crippen molar-refractivity contribution in [3.63, 3.8) is 0 Å². The highest BCUT2D eigenvalue weighted by Gasteiger charge is 2.07. The first kappa shape index (κ1) is 15.8. The molecule has 0 rings (SSSR count). The van der Waals surface area contributed by atoms with Crippen molar-refractivity contribution in [3.8, 4) is 0 Å². The molecule has 0 heterocycles. The van der Waals surface area contributed by atoms with Gasteiger partial charge in [0.25, 0.3) is 0 Å². The van der Waals surface area contributed by atoms with E-state index >= 15 is 0 Å². The summed E-state index contributed by atoms with van der Waals surface area (Å²) in [5, 5.41) is 0. The van der Waals surface area contributed by atoms with Crippen LogP contribution in [0.2, 0.25) is 0 Å². The molecule has 0 aromatic heterocycles. The van der Waals surface area contributed by atoms with Gasteiger partial charge in [0.15, 0.2) is 0 Å². The number of nitrogens with two attached hydrogens (primary N) is 1. The van der Waals surface area contributed by atoms with E-state index in [0.717, 1.165) is 0 Å². The first-order chi connectivity index (χ1) is 6.72. The van der Waals surface area contributed by atoms with Crippen LogP contribution in [0.25, 0.3) is 0 Å². The smallest absolute Gasteiger partial charge is 0.449 e. The Labute approximate surface area is 86.6 Å². The van der Waals surface area contributed by atoms with Crippen LogP contribution in [-0.4, -0.2) is 31.6 Å². The predicted octanol–water partition coefficient (Wildman–Crippen LogP) is -0.380. The molecule has 0 bridgehead atoms. The molecule has 0 atom stereocenters. The second-order valence-electron chi connectivity index (χ2n) is 1.79. The summed E-state index contributed by atoms with van der Waals surface area (Å²) in [6.07, 6.45) is -0.0918. The molecule has 3 N–H and O–H groups in total. The van der Waals surface area contributed by atoms with Crippen LogP contribution in [0.3, 0.4) is 0 Å². The second-order valence-corrected chi connectivity index (χ2v) is 2.81. The third-order valence-electron chi connectivity index (χ3n) is 0.641. The van der Waals surface area contributed by atoms with E-state index in [9.17, 15) is 18.0 Å². The number of primary amides is 1. The quantitative estimate of drug-likeness (QED) is 0.508. The highest BCUT2D eigenvalue weighted by molar-refractivity contribution is 7.81. The molecule has 0 radical (unpaired) electrons. The first-order valence-electron chi connectivity index (χ1n) is 3.48. The van der Waals surface area contributed by atoms with Crippen molar-refractivity contribution in [3.05, 3.63) is 12.7 Å². The standard InChI is InChI=1S/C3H7NO2.C3H4O5S/c1-2-6-3(4)5;1-2-3(4)8-9(5,6)7/h2H2,1H3,(H2,4,5);2H,1H2,(H,5,6,7). The lowest BCUT2D eigenvalue weighted by Crippen LogP contribution is -2.11. The molecule has 1 amide bonds. The topological polar surface area (TPSA) is 133 Å². The molecule has 0 aliphatic heterocycles. The number of carbonyl (C=O) groups excluding carboxylic acids is 2. The van der Waals surface area contributed by atoms with Crippen LogP contribution in [0.15, 0.2) is 12.7 Å². The van der Waals surface area contributed by atoms with E-state index in [1.807, 2.05) is 0 Å². The Balaban J connectivity index is 0. The van der Waals surface area contributed by atoms with Gasteiger partial charge in [-0.1, -0.05) is 6.58 Å². The van der Waals surface area contributed by atoms with Crippen LogP contribution in [-0.2, 0) is 24.1 Å². The third-order valence-corrected chi connectivity index (χ3v) is 1.02. The van der Waals surface area contributed by atoms with Crippen molar-refractivity contribution in [1.82, 2.24) is 0 Å². The first-order valence-corrected chi connectivity index (χ1v) is 4.85. The molecule has 0 aromatic rings. The van der Waals surface area contributed by atoms with Gasteiger partial charge in [0.1, 0.15) is 0 Å². The number of hydrogen-bond acceptors (Lipinski definition) is 6. The largest absolute Gasteiger partial charge is 0.450 e. The Bertz CT molecular complexity index is 320. The van der Waals surface area contributed by atoms with E-state index in [1.54, 1.807) is 6.92 Å². The fourth-order valence-electron chi connectivity index (χ4n) is 0.280. The van der Waals surface area contributed by atoms with E-state index in [4.69, 9.17) is 4.55 Å². The molecule has 0 spiro atoms. The van der Waals surface area contributed by atoms with Gasteiger partial charge in [-0.05, 0) is 6.92 Å². The Morgan fingerprint density at radius 1 is 1.53 bits per heavy atom. The fraction of sp³-hybridized carbons (Fsp3) is 0.333. The molecule has 0 aromatic carbocycles. The van der Waals surface area contributed by atoms with Gasteiger partial charge in [-0.2, -0.15) is 8.42 Å². The van der Waals surface area contributed by atoms with Crippen LogP contribution in [0.1, 0.15) is 6.92 Å². The van der Waals surface area contributed by atoms with Gasteiger partial charge in [0.2, 0.25) is 0 Å². The zero-order valence-electron chi connectivity index (χ0n) is 7.87. The lowest BCUT2D eigenvalue weighted by atomic mass is 10.7. The molecule has 0 saturated heterocycles. The van der Waals surface area contributed by atoms with E-state index in [-0.39, 0.29) is 0 Å². The zero-order chi connectivity index (χ0) is 12.5. The summed E-state index contributed by atoms with van der Waals surface area (Å²) in [4.78, 5) is 19.5. The summed E-state index contributed by atoms with van der Waals surface area (Å²) in [6, 6.07) is 0. The van der Waals surface area contributed by atoms with Crippen LogP contribution >= 0.6 is 0 Å². The maximum atomic E-state index is 9.95. The Morgan fingerprint density at radius 3 is 2.07 bits per heavy atom. The summed E-state index contributed by atoms with van der Waals surface area (Å²) in [7, 11) is -4.66. The van der Waals surface area contributed by atoms with Gasteiger partial charge in [0.05, 0.1) is 6.61 Å². The van der Waals surface area contributed by atoms with Gasteiger partial charge in [0, 0.05) is 6.08 Å². The lowest BCUT2D eigenvalue weighted by Gasteiger charge is -1.91. The highest BCUT2D eigenvalue weighted by atomic mass is 32.3. The average molecular weight is 241 g/mol. The van der Waals surface area contributed by atoms with Crippen LogP contribution < -0.4 is 5.73 Å². The van der Waals surface area contributed by atoms with Gasteiger partial charge < -0.3 is 14.7 Å². The number of carbonyl (C=O) groups is 2. The fourth-order valence-corrected chi connectivity index (χ4v) is 0.556. The maximum Gasteiger partial charge on any atom is 0.449 e. The van der Waals surface area contributed by atoms with Crippen LogP contribution in [0, 0.1) is 0 Å². The molecule has 0 unspecified atom stereocenters. The second kappa shape index (κ2) is 7.76. The summed E-state index contributed by atoms with van der Waals surface area (Å²) >= 11 is 0. The molecule has 0 fully saturated rings. The molecule has 8 nitrogen and oxygen atoms in total. The number of hydrogen-bond donors (Lipinski definition) is 2. The van der Waals surface area contributed by atoms with Crippen molar-refractivity contribution >= 4 is 22.5 Å². The highest BCUT2D eigenvalue weighted by Crippen LogP contribution is 1.86. The zero-order valence-corrected chi connectivity index (χ0v) is 8.69. The molecule has 88 valence electrons. The van der Waals surface area contributed by atoms with E-state index in [2.05, 4.69) is 21.2 Å². The van der Waals surface area contributed by atoms with Crippen molar-refractivity contribution in [2.45, 2.75) is 6.92 Å². The molecule has 0 saturated carbocycles. The SMILES string of the molecule is C=CC(=O)OS(=O)(=O)O.CCOC(N)=O. The Hall–Kier alpha value is -1.61. The number of amides is 1. The summed E-state index contributed by atoms with van der Waals surface area (Å²) in [6.45, 7) is 4.95. The van der Waals surface area contributed by atoms with Crippen molar-refractivity contribution in [2.24, 2.45) is 5.73 Å². The molecule has 0 aliphatic carbocycles. The Morgan fingerprint density at radius 2 is 2.00 bits per heavy atom. The van der Waals surface area contributed by atoms with Crippen LogP contribution in [0.5, 0.6) is 0 Å².